The summed E-state index contributed by atoms with van der Waals surface area (Å²) in [5.74, 6) is -0.0507. The van der Waals surface area contributed by atoms with E-state index in [9.17, 15) is 9.59 Å². The molecule has 26 heavy (non-hydrogen) atoms. The maximum absolute atomic E-state index is 12.9. The highest BCUT2D eigenvalue weighted by molar-refractivity contribution is 7.18. The van der Waals surface area contributed by atoms with Crippen molar-refractivity contribution in [2.45, 2.75) is 51.6 Å². The van der Waals surface area contributed by atoms with Gasteiger partial charge in [-0.05, 0) is 49.6 Å². The first-order chi connectivity index (χ1) is 12.6. The highest BCUT2D eigenvalue weighted by Crippen LogP contribution is 2.33. The molecule has 3 aromatic heterocycles. The molecule has 1 unspecified atom stereocenters. The zero-order chi connectivity index (χ0) is 18.1. The van der Waals surface area contributed by atoms with Crippen molar-refractivity contribution in [3.8, 4) is 0 Å². The predicted molar refractivity (Wildman–Crippen MR) is 106 cm³/mol. The van der Waals surface area contributed by atoms with Gasteiger partial charge < -0.3 is 5.32 Å². The number of aromatic nitrogens is 2. The zero-order valence-electron chi connectivity index (χ0n) is 14.7. The van der Waals surface area contributed by atoms with E-state index < -0.39 is 0 Å². The molecule has 4 rings (SSSR count). The summed E-state index contributed by atoms with van der Waals surface area (Å²) in [5.41, 5.74) is 1.19. The van der Waals surface area contributed by atoms with Crippen LogP contribution < -0.4 is 10.9 Å². The lowest BCUT2D eigenvalue weighted by molar-refractivity contribution is -0.121. The van der Waals surface area contributed by atoms with Crippen molar-refractivity contribution in [2.24, 2.45) is 0 Å². The maximum atomic E-state index is 12.9. The first kappa shape index (κ1) is 17.4. The molecule has 1 aliphatic rings. The van der Waals surface area contributed by atoms with E-state index in [0.717, 1.165) is 34.4 Å². The van der Waals surface area contributed by atoms with Crippen molar-refractivity contribution in [2.75, 3.05) is 0 Å². The lowest BCUT2D eigenvalue weighted by atomic mass is 9.97. The van der Waals surface area contributed by atoms with E-state index in [1.165, 1.54) is 16.9 Å². The van der Waals surface area contributed by atoms with Gasteiger partial charge in [-0.3, -0.25) is 14.2 Å². The molecular formula is C19H21N3O2S2. The van der Waals surface area contributed by atoms with Crippen LogP contribution in [0.5, 0.6) is 0 Å². The van der Waals surface area contributed by atoms with Gasteiger partial charge in [-0.25, -0.2) is 4.98 Å². The Morgan fingerprint density at radius 1 is 1.38 bits per heavy atom. The summed E-state index contributed by atoms with van der Waals surface area (Å²) >= 11 is 3.28. The second-order valence-electron chi connectivity index (χ2n) is 6.69. The minimum atomic E-state index is -0.0507. The smallest absolute Gasteiger partial charge is 0.262 e. The molecule has 0 saturated heterocycles. The standard InChI is InChI=1S/C19H21N3O2S2/c1-12(14-7-4-10-25-14)21-16(23)8-9-22-11-20-18-17(19(22)24)13-5-2-3-6-15(13)26-18/h4,7,10-12H,2-3,5-6,8-9H2,1H3,(H,21,23). The number of hydrogen-bond acceptors (Lipinski definition) is 5. The first-order valence-electron chi connectivity index (χ1n) is 8.96. The van der Waals surface area contributed by atoms with Gasteiger partial charge in [0.2, 0.25) is 5.91 Å². The molecule has 0 bridgehead atoms. The van der Waals surface area contributed by atoms with Gasteiger partial charge in [-0.15, -0.1) is 22.7 Å². The molecule has 1 atom stereocenters. The molecule has 0 radical (unpaired) electrons. The molecule has 0 aromatic carbocycles. The Hall–Kier alpha value is -1.99. The molecule has 5 nitrogen and oxygen atoms in total. The molecule has 3 aromatic rings. The molecule has 0 spiro atoms. The number of nitrogens with zero attached hydrogens (tertiary/aromatic N) is 2. The van der Waals surface area contributed by atoms with Gasteiger partial charge in [0.15, 0.2) is 0 Å². The number of rotatable bonds is 5. The number of thiophene rings is 2. The van der Waals surface area contributed by atoms with E-state index >= 15 is 0 Å². The molecule has 7 heteroatoms. The van der Waals surface area contributed by atoms with E-state index in [0.29, 0.717) is 6.54 Å². The van der Waals surface area contributed by atoms with Crippen LogP contribution in [0.4, 0.5) is 0 Å². The lowest BCUT2D eigenvalue weighted by Crippen LogP contribution is -2.29. The summed E-state index contributed by atoms with van der Waals surface area (Å²) in [4.78, 5) is 32.9. The average molecular weight is 388 g/mol. The molecule has 136 valence electrons. The van der Waals surface area contributed by atoms with Crippen LogP contribution in [-0.2, 0) is 24.2 Å². The summed E-state index contributed by atoms with van der Waals surface area (Å²) in [5, 5.41) is 5.77. The summed E-state index contributed by atoms with van der Waals surface area (Å²) in [7, 11) is 0. The highest BCUT2D eigenvalue weighted by atomic mass is 32.1. The van der Waals surface area contributed by atoms with Gasteiger partial charge in [0.25, 0.3) is 5.56 Å². The maximum Gasteiger partial charge on any atom is 0.262 e. The Kier molecular flexibility index (Phi) is 4.91. The third-order valence-corrected chi connectivity index (χ3v) is 7.12. The highest BCUT2D eigenvalue weighted by Gasteiger charge is 2.20. The van der Waals surface area contributed by atoms with Crippen LogP contribution in [0.15, 0.2) is 28.6 Å². The quantitative estimate of drug-likeness (QED) is 0.727. The van der Waals surface area contributed by atoms with Crippen molar-refractivity contribution >= 4 is 38.8 Å². The van der Waals surface area contributed by atoms with E-state index in [2.05, 4.69) is 10.3 Å². The third-order valence-electron chi connectivity index (χ3n) is 4.87. The summed E-state index contributed by atoms with van der Waals surface area (Å²) < 4.78 is 1.58. The minimum Gasteiger partial charge on any atom is -0.349 e. The number of carbonyl (C=O) groups is 1. The van der Waals surface area contributed by atoms with Gasteiger partial charge in [0.05, 0.1) is 17.8 Å². The van der Waals surface area contributed by atoms with Gasteiger partial charge in [0.1, 0.15) is 4.83 Å². The van der Waals surface area contributed by atoms with Gasteiger partial charge in [-0.2, -0.15) is 0 Å². The SMILES string of the molecule is CC(NC(=O)CCn1cnc2sc3c(c2c1=O)CCCC3)c1cccs1. The van der Waals surface area contributed by atoms with Gasteiger partial charge in [0, 0.05) is 22.7 Å². The molecule has 0 aliphatic heterocycles. The third kappa shape index (κ3) is 3.33. The summed E-state index contributed by atoms with van der Waals surface area (Å²) in [6.45, 7) is 2.33. The van der Waals surface area contributed by atoms with Crippen LogP contribution in [0, 0.1) is 0 Å². The molecule has 1 N–H and O–H groups in total. The van der Waals surface area contributed by atoms with Gasteiger partial charge >= 0.3 is 0 Å². The van der Waals surface area contributed by atoms with E-state index in [1.54, 1.807) is 33.6 Å². The van der Waals surface area contributed by atoms with Crippen molar-refractivity contribution < 1.29 is 4.79 Å². The number of amides is 1. The minimum absolute atomic E-state index is 0.00601. The number of nitrogens with one attached hydrogen (secondary N) is 1. The molecule has 0 saturated carbocycles. The van der Waals surface area contributed by atoms with Crippen LogP contribution in [0.3, 0.4) is 0 Å². The fourth-order valence-corrected chi connectivity index (χ4v) is 5.44. The molecule has 1 aliphatic carbocycles. The summed E-state index contributed by atoms with van der Waals surface area (Å²) in [6.07, 6.45) is 6.21. The fourth-order valence-electron chi connectivity index (χ4n) is 3.48. The van der Waals surface area contributed by atoms with Crippen LogP contribution in [-0.4, -0.2) is 15.5 Å². The first-order valence-corrected chi connectivity index (χ1v) is 10.7. The Balaban J connectivity index is 1.48. The van der Waals surface area contributed by atoms with Crippen LogP contribution in [0.25, 0.3) is 10.2 Å². The monoisotopic (exact) mass is 387 g/mol. The van der Waals surface area contributed by atoms with E-state index in [4.69, 9.17) is 0 Å². The largest absolute Gasteiger partial charge is 0.349 e. The van der Waals surface area contributed by atoms with E-state index in [1.807, 2.05) is 24.4 Å². The number of fused-ring (bicyclic) bond motifs is 3. The average Bonchev–Trinajstić information content (AvgIpc) is 3.29. The molecular weight excluding hydrogens is 366 g/mol. The van der Waals surface area contributed by atoms with Crippen molar-refractivity contribution in [3.05, 3.63) is 49.5 Å². The second kappa shape index (κ2) is 7.32. The topological polar surface area (TPSA) is 64.0 Å². The van der Waals surface area contributed by atoms with Crippen LogP contribution in [0.1, 0.15) is 47.5 Å². The number of hydrogen-bond donors (Lipinski definition) is 1. The van der Waals surface area contributed by atoms with Crippen molar-refractivity contribution in [1.29, 1.82) is 0 Å². The Bertz CT molecular complexity index is 988. The second-order valence-corrected chi connectivity index (χ2v) is 8.75. The fraction of sp³-hybridized carbons (Fsp3) is 0.421. The molecule has 3 heterocycles. The van der Waals surface area contributed by atoms with E-state index in [-0.39, 0.29) is 23.9 Å². The predicted octanol–water partition coefficient (Wildman–Crippen LogP) is 3.67. The Morgan fingerprint density at radius 2 is 2.23 bits per heavy atom. The normalized spacial score (nSPS) is 15.0. The Labute approximate surface area is 159 Å². The van der Waals surface area contributed by atoms with Crippen LogP contribution >= 0.6 is 22.7 Å². The molecule has 0 fully saturated rings. The number of aryl methyl sites for hydroxylation is 3. The van der Waals surface area contributed by atoms with Crippen LogP contribution in [0.2, 0.25) is 0 Å². The lowest BCUT2D eigenvalue weighted by Gasteiger charge is -2.13. The van der Waals surface area contributed by atoms with Crippen molar-refractivity contribution in [1.82, 2.24) is 14.9 Å². The number of carbonyl (C=O) groups excluding carboxylic acids is 1. The zero-order valence-corrected chi connectivity index (χ0v) is 16.3. The summed E-state index contributed by atoms with van der Waals surface area (Å²) in [6, 6.07) is 3.98. The Morgan fingerprint density at radius 3 is 3.04 bits per heavy atom. The van der Waals surface area contributed by atoms with Crippen molar-refractivity contribution in [3.63, 3.8) is 0 Å². The van der Waals surface area contributed by atoms with Gasteiger partial charge in [-0.1, -0.05) is 6.07 Å². The molecule has 1 amide bonds.